The van der Waals surface area contributed by atoms with Crippen molar-refractivity contribution in [3.8, 4) is 0 Å². The van der Waals surface area contributed by atoms with Gasteiger partial charge in [-0.3, -0.25) is 4.79 Å². The van der Waals surface area contributed by atoms with Gasteiger partial charge >= 0.3 is 5.97 Å². The number of carboxylic acids is 1. The highest BCUT2D eigenvalue weighted by atomic mass is 32.2. The molecule has 0 radical (unpaired) electrons. The molecule has 0 aromatic heterocycles. The topological polar surface area (TPSA) is 104 Å². The molecule has 0 rings (SSSR count). The number of nitrogens with one attached hydrogen (secondary N) is 1. The Balaban J connectivity index is 4.20. The van der Waals surface area contributed by atoms with Crippen LogP contribution >= 0.6 is 0 Å². The van der Waals surface area contributed by atoms with Crippen molar-refractivity contribution in [1.82, 2.24) is 4.72 Å². The molecule has 0 aromatic rings. The lowest BCUT2D eigenvalue weighted by molar-refractivity contribution is -0.134. The smallest absolute Gasteiger partial charge is 0.320 e. The summed E-state index contributed by atoms with van der Waals surface area (Å²) in [7, 11) is -3.84. The van der Waals surface area contributed by atoms with Crippen LogP contribution in [0.3, 0.4) is 0 Å². The average Bonchev–Trinajstić information content (AvgIpc) is 1.99. The van der Waals surface area contributed by atoms with E-state index in [0.717, 1.165) is 0 Å². The summed E-state index contributed by atoms with van der Waals surface area (Å²) in [5.74, 6) is -2.40. The summed E-state index contributed by atoms with van der Waals surface area (Å²) < 4.78 is 24.2. The predicted molar refractivity (Wildman–Crippen MR) is 55.0 cm³/mol. The highest BCUT2D eigenvalue weighted by Gasteiger charge is 2.23. The van der Waals surface area contributed by atoms with E-state index in [1.165, 1.54) is 6.92 Å². The van der Waals surface area contributed by atoms with Crippen LogP contribution in [-0.4, -0.2) is 42.5 Å². The largest absolute Gasteiger partial charge is 0.480 e. The van der Waals surface area contributed by atoms with Crippen LogP contribution in [0.25, 0.3) is 0 Å². The number of carbonyl (C=O) groups is 1. The molecule has 0 saturated heterocycles. The van der Waals surface area contributed by atoms with E-state index in [-0.39, 0.29) is 6.54 Å². The van der Waals surface area contributed by atoms with E-state index >= 15 is 0 Å². The number of hydrogen-bond donors (Lipinski definition) is 3. The van der Waals surface area contributed by atoms with Crippen molar-refractivity contribution in [1.29, 1.82) is 0 Å². The van der Waals surface area contributed by atoms with E-state index in [2.05, 4.69) is 4.72 Å². The van der Waals surface area contributed by atoms with Gasteiger partial charge in [-0.05, 0) is 13.3 Å². The highest BCUT2D eigenvalue weighted by Crippen LogP contribution is 2.10. The molecule has 1 atom stereocenters. The molecule has 7 heteroatoms. The van der Waals surface area contributed by atoms with E-state index in [1.807, 2.05) is 6.92 Å². The molecule has 6 nitrogen and oxygen atoms in total. The molecule has 0 aliphatic heterocycles. The number of aliphatic hydroxyl groups is 1. The quantitative estimate of drug-likeness (QED) is 0.558. The zero-order chi connectivity index (χ0) is 12.1. The second-order valence-corrected chi connectivity index (χ2v) is 5.53. The van der Waals surface area contributed by atoms with Crippen molar-refractivity contribution in [2.24, 2.45) is 0 Å². The molecule has 0 heterocycles. The zero-order valence-electron chi connectivity index (χ0n) is 8.86. The molecule has 1 unspecified atom stereocenters. The van der Waals surface area contributed by atoms with Crippen molar-refractivity contribution in [2.75, 3.05) is 12.3 Å². The second-order valence-electron chi connectivity index (χ2n) is 3.72. The Bertz CT molecular complexity index is 309. The highest BCUT2D eigenvalue weighted by molar-refractivity contribution is 7.90. The predicted octanol–water partition coefficient (Wildman–Crippen LogP) is -0.458. The van der Waals surface area contributed by atoms with Crippen LogP contribution < -0.4 is 4.72 Å². The first-order valence-electron chi connectivity index (χ1n) is 4.60. The molecule has 0 spiro atoms. The molecule has 0 aliphatic rings. The van der Waals surface area contributed by atoms with Gasteiger partial charge < -0.3 is 10.2 Å². The Morgan fingerprint density at radius 1 is 1.47 bits per heavy atom. The van der Waals surface area contributed by atoms with E-state index in [0.29, 0.717) is 12.8 Å². The molecule has 0 saturated carbocycles. The van der Waals surface area contributed by atoms with Gasteiger partial charge in [-0.15, -0.1) is 0 Å². The van der Waals surface area contributed by atoms with Crippen LogP contribution in [0.5, 0.6) is 0 Å². The van der Waals surface area contributed by atoms with Crippen molar-refractivity contribution >= 4 is 16.0 Å². The molecule has 90 valence electrons. The van der Waals surface area contributed by atoms with Gasteiger partial charge in [-0.25, -0.2) is 13.1 Å². The molecule has 0 amide bonds. The maximum Gasteiger partial charge on any atom is 0.320 e. The van der Waals surface area contributed by atoms with Crippen LogP contribution in [0.15, 0.2) is 0 Å². The van der Waals surface area contributed by atoms with Crippen molar-refractivity contribution in [3.63, 3.8) is 0 Å². The molecule has 0 aliphatic carbocycles. The Kier molecular flexibility index (Phi) is 5.19. The minimum absolute atomic E-state index is 0.170. The van der Waals surface area contributed by atoms with Gasteiger partial charge in [0.25, 0.3) is 0 Å². The van der Waals surface area contributed by atoms with E-state index in [4.69, 9.17) is 5.11 Å². The minimum Gasteiger partial charge on any atom is -0.480 e. The van der Waals surface area contributed by atoms with Gasteiger partial charge in [0.15, 0.2) is 5.75 Å². The summed E-state index contributed by atoms with van der Waals surface area (Å²) in [4.78, 5) is 10.2. The van der Waals surface area contributed by atoms with Crippen molar-refractivity contribution < 1.29 is 23.4 Å². The van der Waals surface area contributed by atoms with Crippen LogP contribution in [0.1, 0.15) is 26.7 Å². The fourth-order valence-electron chi connectivity index (χ4n) is 1.11. The number of carboxylic acid groups (broad SMARTS) is 1. The van der Waals surface area contributed by atoms with Gasteiger partial charge in [0.2, 0.25) is 10.0 Å². The summed E-state index contributed by atoms with van der Waals surface area (Å²) in [6.45, 7) is 3.19. The third-order valence-electron chi connectivity index (χ3n) is 1.77. The van der Waals surface area contributed by atoms with E-state index < -0.39 is 27.3 Å². The van der Waals surface area contributed by atoms with Crippen LogP contribution in [0.2, 0.25) is 0 Å². The lowest BCUT2D eigenvalue weighted by atomic mass is 10.0. The van der Waals surface area contributed by atoms with Crippen LogP contribution in [-0.2, 0) is 14.8 Å². The zero-order valence-corrected chi connectivity index (χ0v) is 9.67. The Morgan fingerprint density at radius 3 is 2.40 bits per heavy atom. The third kappa shape index (κ3) is 7.29. The summed E-state index contributed by atoms with van der Waals surface area (Å²) in [6, 6.07) is 0. The monoisotopic (exact) mass is 239 g/mol. The number of sulfonamides is 1. The van der Waals surface area contributed by atoms with Gasteiger partial charge in [-0.2, -0.15) is 0 Å². The SMILES string of the molecule is CCCC(C)(O)CNS(=O)(=O)CC(=O)O. The first-order chi connectivity index (χ1) is 6.68. The molecule has 15 heavy (non-hydrogen) atoms. The summed E-state index contributed by atoms with van der Waals surface area (Å²) in [5.41, 5.74) is -1.14. The van der Waals surface area contributed by atoms with Crippen molar-refractivity contribution in [2.45, 2.75) is 32.3 Å². The first kappa shape index (κ1) is 14.3. The lowest BCUT2D eigenvalue weighted by Gasteiger charge is -2.22. The fourth-order valence-corrected chi connectivity index (χ4v) is 2.06. The number of hydrogen-bond acceptors (Lipinski definition) is 4. The summed E-state index contributed by atoms with van der Waals surface area (Å²) in [5, 5.41) is 17.9. The maximum absolute atomic E-state index is 11.1. The maximum atomic E-state index is 11.1. The van der Waals surface area contributed by atoms with Gasteiger partial charge in [0.1, 0.15) is 0 Å². The third-order valence-corrected chi connectivity index (χ3v) is 2.99. The van der Waals surface area contributed by atoms with Gasteiger partial charge in [0, 0.05) is 6.54 Å². The fraction of sp³-hybridized carbons (Fsp3) is 0.875. The van der Waals surface area contributed by atoms with E-state index in [9.17, 15) is 18.3 Å². The normalized spacial score (nSPS) is 15.9. The van der Waals surface area contributed by atoms with Gasteiger partial charge in [-0.1, -0.05) is 13.3 Å². The molecule has 0 aromatic carbocycles. The Hall–Kier alpha value is -0.660. The molecule has 0 fully saturated rings. The number of rotatable bonds is 7. The van der Waals surface area contributed by atoms with Crippen LogP contribution in [0.4, 0.5) is 0 Å². The van der Waals surface area contributed by atoms with Crippen molar-refractivity contribution in [3.05, 3.63) is 0 Å². The Morgan fingerprint density at radius 2 is 2.00 bits per heavy atom. The number of aliphatic carboxylic acids is 1. The van der Waals surface area contributed by atoms with E-state index in [1.54, 1.807) is 0 Å². The minimum atomic E-state index is -3.84. The van der Waals surface area contributed by atoms with Crippen LogP contribution in [0, 0.1) is 0 Å². The molecular formula is C8H17NO5S. The standard InChI is InChI=1S/C8H17NO5S/c1-3-4-8(2,12)6-9-15(13,14)5-7(10)11/h9,12H,3-6H2,1-2H3,(H,10,11). The van der Waals surface area contributed by atoms with Gasteiger partial charge in [0.05, 0.1) is 5.60 Å². The summed E-state index contributed by atoms with van der Waals surface area (Å²) >= 11 is 0. The Labute approximate surface area is 89.4 Å². The lowest BCUT2D eigenvalue weighted by Crippen LogP contribution is -2.42. The second kappa shape index (κ2) is 5.43. The average molecular weight is 239 g/mol. The molecular weight excluding hydrogens is 222 g/mol. The first-order valence-corrected chi connectivity index (χ1v) is 6.25. The summed E-state index contributed by atoms with van der Waals surface area (Å²) in [6.07, 6.45) is 1.16. The molecule has 0 bridgehead atoms. The molecule has 3 N–H and O–H groups in total.